The number of hydrogen-bond acceptors (Lipinski definition) is 1. The first-order valence-electron chi connectivity index (χ1n) is 5.33. The van der Waals surface area contributed by atoms with Crippen LogP contribution >= 0.6 is 0 Å². The summed E-state index contributed by atoms with van der Waals surface area (Å²) in [6, 6.07) is 9.82. The molecule has 1 N–H and O–H groups in total. The summed E-state index contributed by atoms with van der Waals surface area (Å²) in [7, 11) is 0. The summed E-state index contributed by atoms with van der Waals surface area (Å²) >= 11 is 0. The molecule has 1 aromatic carbocycles. The van der Waals surface area contributed by atoms with Crippen LogP contribution in [0.3, 0.4) is 0 Å². The second-order valence-electron chi connectivity index (χ2n) is 4.07. The van der Waals surface area contributed by atoms with Crippen LogP contribution in [0, 0.1) is 0 Å². The van der Waals surface area contributed by atoms with Gasteiger partial charge in [0, 0.05) is 11.0 Å². The largest absolute Gasteiger partial charge is 0.478 e. The Bertz CT molecular complexity index is 439. The third-order valence-electron chi connectivity index (χ3n) is 3.11. The molecule has 1 fully saturated rings. The van der Waals surface area contributed by atoms with Gasteiger partial charge in [-0.1, -0.05) is 49.1 Å². The zero-order valence-corrected chi connectivity index (χ0v) is 9.02. The predicted molar refractivity (Wildman–Crippen MR) is 63.3 cm³/mol. The van der Waals surface area contributed by atoms with Crippen molar-refractivity contribution in [3.05, 3.63) is 60.2 Å². The molecule has 2 heteroatoms. The number of hydrogen-bond donors (Lipinski definition) is 1. The summed E-state index contributed by atoms with van der Waals surface area (Å²) in [6.45, 7) is 3.58. The van der Waals surface area contributed by atoms with Crippen LogP contribution in [0.4, 0.5) is 0 Å². The van der Waals surface area contributed by atoms with Gasteiger partial charge in [-0.05, 0) is 18.4 Å². The maximum absolute atomic E-state index is 11.2. The van der Waals surface area contributed by atoms with E-state index in [-0.39, 0.29) is 5.41 Å². The zero-order chi connectivity index (χ0) is 11.6. The quantitative estimate of drug-likeness (QED) is 0.618. The molecule has 0 aromatic heterocycles. The average Bonchev–Trinajstić information content (AvgIpc) is 3.08. The molecule has 1 aromatic rings. The molecule has 1 saturated carbocycles. The van der Waals surface area contributed by atoms with Crippen molar-refractivity contribution in [1.29, 1.82) is 0 Å². The molecule has 1 aliphatic carbocycles. The molecule has 1 aliphatic rings. The standard InChI is InChI=1S/C14H14O2/c1-2-6-12(13(15)16)14(9-10-14)11-7-4-3-5-8-11/h2-8H,1,9-10H2,(H,15,16)/b12-6-. The number of rotatable bonds is 4. The lowest BCUT2D eigenvalue weighted by Gasteiger charge is -2.16. The van der Waals surface area contributed by atoms with Crippen LogP contribution in [0.25, 0.3) is 0 Å². The Balaban J connectivity index is 2.43. The first-order chi connectivity index (χ1) is 7.70. The Kier molecular flexibility index (Phi) is 2.65. The van der Waals surface area contributed by atoms with Crippen molar-refractivity contribution in [2.75, 3.05) is 0 Å². The van der Waals surface area contributed by atoms with Gasteiger partial charge in [0.2, 0.25) is 0 Å². The van der Waals surface area contributed by atoms with E-state index in [0.717, 1.165) is 18.4 Å². The van der Waals surface area contributed by atoms with E-state index in [0.29, 0.717) is 5.57 Å². The lowest BCUT2D eigenvalue weighted by Crippen LogP contribution is -2.17. The van der Waals surface area contributed by atoms with E-state index < -0.39 is 5.97 Å². The lowest BCUT2D eigenvalue weighted by molar-refractivity contribution is -0.133. The molecule has 0 unspecified atom stereocenters. The van der Waals surface area contributed by atoms with Crippen molar-refractivity contribution in [3.8, 4) is 0 Å². The van der Waals surface area contributed by atoms with Crippen molar-refractivity contribution in [3.63, 3.8) is 0 Å². The van der Waals surface area contributed by atoms with Crippen LogP contribution in [0.1, 0.15) is 18.4 Å². The third-order valence-corrected chi connectivity index (χ3v) is 3.11. The van der Waals surface area contributed by atoms with Gasteiger partial charge in [0.25, 0.3) is 0 Å². The van der Waals surface area contributed by atoms with Crippen LogP contribution in [0.15, 0.2) is 54.6 Å². The van der Waals surface area contributed by atoms with E-state index in [1.807, 2.05) is 30.3 Å². The highest BCUT2D eigenvalue weighted by Gasteiger charge is 2.49. The predicted octanol–water partition coefficient (Wildman–Crippen LogP) is 2.92. The summed E-state index contributed by atoms with van der Waals surface area (Å²) < 4.78 is 0. The molecule has 0 amide bonds. The Labute approximate surface area is 94.9 Å². The molecule has 0 spiro atoms. The molecule has 0 atom stereocenters. The number of carboxylic acid groups (broad SMARTS) is 1. The molecular weight excluding hydrogens is 200 g/mol. The molecule has 82 valence electrons. The van der Waals surface area contributed by atoms with Gasteiger partial charge in [0.15, 0.2) is 0 Å². The van der Waals surface area contributed by atoms with Gasteiger partial charge < -0.3 is 5.11 Å². The summed E-state index contributed by atoms with van der Waals surface area (Å²) in [6.07, 6.45) is 4.97. The maximum atomic E-state index is 11.2. The van der Waals surface area contributed by atoms with Crippen LogP contribution in [-0.4, -0.2) is 11.1 Å². The van der Waals surface area contributed by atoms with Crippen LogP contribution in [-0.2, 0) is 10.2 Å². The van der Waals surface area contributed by atoms with Crippen molar-refractivity contribution in [2.45, 2.75) is 18.3 Å². The minimum absolute atomic E-state index is 0.277. The third kappa shape index (κ3) is 1.67. The van der Waals surface area contributed by atoms with Crippen molar-refractivity contribution in [2.24, 2.45) is 0 Å². The topological polar surface area (TPSA) is 37.3 Å². The normalized spacial score (nSPS) is 17.9. The fraction of sp³-hybridized carbons (Fsp3) is 0.214. The highest BCUT2D eigenvalue weighted by atomic mass is 16.4. The summed E-state index contributed by atoms with van der Waals surface area (Å²) in [5.41, 5.74) is 1.26. The summed E-state index contributed by atoms with van der Waals surface area (Å²) in [5.74, 6) is -0.846. The van der Waals surface area contributed by atoms with Gasteiger partial charge >= 0.3 is 5.97 Å². The number of carboxylic acids is 1. The Morgan fingerprint density at radius 2 is 1.94 bits per heavy atom. The average molecular weight is 214 g/mol. The molecule has 16 heavy (non-hydrogen) atoms. The number of benzene rings is 1. The monoisotopic (exact) mass is 214 g/mol. The van der Waals surface area contributed by atoms with Crippen molar-refractivity contribution < 1.29 is 9.90 Å². The first kappa shape index (κ1) is 10.7. The van der Waals surface area contributed by atoms with Gasteiger partial charge in [0.05, 0.1) is 0 Å². The lowest BCUT2D eigenvalue weighted by atomic mass is 9.87. The molecule has 0 heterocycles. The number of aliphatic carboxylic acids is 1. The molecule has 2 rings (SSSR count). The van der Waals surface area contributed by atoms with Crippen LogP contribution in [0.5, 0.6) is 0 Å². The van der Waals surface area contributed by atoms with E-state index in [2.05, 4.69) is 6.58 Å². The Morgan fingerprint density at radius 1 is 1.31 bits per heavy atom. The fourth-order valence-electron chi connectivity index (χ4n) is 2.15. The van der Waals surface area contributed by atoms with E-state index in [1.165, 1.54) is 0 Å². The Hall–Kier alpha value is -1.83. The van der Waals surface area contributed by atoms with E-state index >= 15 is 0 Å². The van der Waals surface area contributed by atoms with Gasteiger partial charge in [-0.2, -0.15) is 0 Å². The zero-order valence-electron chi connectivity index (χ0n) is 9.02. The van der Waals surface area contributed by atoms with Crippen LogP contribution in [0.2, 0.25) is 0 Å². The minimum atomic E-state index is -0.846. The molecule has 2 nitrogen and oxygen atoms in total. The first-order valence-corrected chi connectivity index (χ1v) is 5.33. The van der Waals surface area contributed by atoms with Gasteiger partial charge in [-0.15, -0.1) is 0 Å². The Morgan fingerprint density at radius 3 is 2.38 bits per heavy atom. The van der Waals surface area contributed by atoms with Crippen LogP contribution < -0.4 is 0 Å². The SMILES string of the molecule is C=C/C=C(/C(=O)O)C1(c2ccccc2)CC1. The fourth-order valence-corrected chi connectivity index (χ4v) is 2.15. The van der Waals surface area contributed by atoms with Crippen molar-refractivity contribution >= 4 is 5.97 Å². The molecular formula is C14H14O2. The number of allylic oxidation sites excluding steroid dienone is 2. The molecule has 0 radical (unpaired) electrons. The summed E-state index contributed by atoms with van der Waals surface area (Å²) in [5, 5.41) is 9.23. The second kappa shape index (κ2) is 3.97. The smallest absolute Gasteiger partial charge is 0.332 e. The van der Waals surface area contributed by atoms with Gasteiger partial charge in [-0.25, -0.2) is 4.79 Å². The van der Waals surface area contributed by atoms with Crippen molar-refractivity contribution in [1.82, 2.24) is 0 Å². The minimum Gasteiger partial charge on any atom is -0.478 e. The summed E-state index contributed by atoms with van der Waals surface area (Å²) in [4.78, 5) is 11.2. The van der Waals surface area contributed by atoms with Gasteiger partial charge in [-0.3, -0.25) is 0 Å². The highest BCUT2D eigenvalue weighted by Crippen LogP contribution is 2.53. The number of carbonyl (C=O) groups is 1. The molecule has 0 aliphatic heterocycles. The second-order valence-corrected chi connectivity index (χ2v) is 4.07. The van der Waals surface area contributed by atoms with E-state index in [4.69, 9.17) is 0 Å². The molecule has 0 bridgehead atoms. The van der Waals surface area contributed by atoms with E-state index in [1.54, 1.807) is 12.2 Å². The molecule has 0 saturated heterocycles. The highest BCUT2D eigenvalue weighted by molar-refractivity contribution is 5.91. The maximum Gasteiger partial charge on any atom is 0.332 e. The van der Waals surface area contributed by atoms with E-state index in [9.17, 15) is 9.90 Å². The van der Waals surface area contributed by atoms with Gasteiger partial charge in [0.1, 0.15) is 0 Å².